The molecule has 17 heavy (non-hydrogen) atoms. The number of thioether (sulfide) groups is 2. The summed E-state index contributed by atoms with van der Waals surface area (Å²) in [6.07, 6.45) is 2.41. The minimum absolute atomic E-state index is 0.281. The molecule has 98 valence electrons. The first-order valence-electron chi connectivity index (χ1n) is 6.50. The quantitative estimate of drug-likeness (QED) is 0.794. The van der Waals surface area contributed by atoms with Crippen LogP contribution in [0.2, 0.25) is 0 Å². The summed E-state index contributed by atoms with van der Waals surface area (Å²) in [7, 11) is 0. The molecule has 1 aliphatic heterocycles. The Hall–Kier alpha value is 0.130. The first-order valence-corrected chi connectivity index (χ1v) is 8.71. The van der Waals surface area contributed by atoms with Gasteiger partial charge >= 0.3 is 0 Å². The highest BCUT2D eigenvalue weighted by molar-refractivity contribution is 8.06. The van der Waals surface area contributed by atoms with Crippen LogP contribution in [0.15, 0.2) is 0 Å². The molecule has 0 radical (unpaired) electrons. The van der Waals surface area contributed by atoms with E-state index in [1.165, 1.54) is 30.1 Å². The second kappa shape index (κ2) is 6.90. The molecule has 0 bridgehead atoms. The van der Waals surface area contributed by atoms with E-state index in [1.54, 1.807) is 0 Å². The Kier molecular flexibility index (Phi) is 5.50. The molecule has 2 aliphatic rings. The van der Waals surface area contributed by atoms with Crippen molar-refractivity contribution in [2.45, 2.75) is 31.1 Å². The summed E-state index contributed by atoms with van der Waals surface area (Å²) in [6, 6.07) is 0.550. The molecule has 1 heterocycles. The summed E-state index contributed by atoms with van der Waals surface area (Å²) in [5.74, 6) is 4.05. The summed E-state index contributed by atoms with van der Waals surface area (Å²) in [4.78, 5) is 14.0. The number of amides is 1. The average Bonchev–Trinajstić information content (AvgIpc) is 3.16. The lowest BCUT2D eigenvalue weighted by atomic mass is 10.4. The van der Waals surface area contributed by atoms with E-state index in [1.807, 2.05) is 28.4 Å². The van der Waals surface area contributed by atoms with Crippen molar-refractivity contribution in [2.24, 2.45) is 0 Å². The third kappa shape index (κ3) is 4.38. The van der Waals surface area contributed by atoms with Gasteiger partial charge in [0.2, 0.25) is 5.91 Å². The molecule has 5 heteroatoms. The molecular weight excluding hydrogens is 252 g/mol. The zero-order valence-corrected chi connectivity index (χ0v) is 12.1. The Labute approximate surface area is 112 Å². The summed E-state index contributed by atoms with van der Waals surface area (Å²) in [6.45, 7) is 4.43. The maximum Gasteiger partial charge on any atom is 0.236 e. The molecule has 1 amide bonds. The van der Waals surface area contributed by atoms with E-state index >= 15 is 0 Å². The Morgan fingerprint density at radius 3 is 2.82 bits per heavy atom. The van der Waals surface area contributed by atoms with E-state index in [-0.39, 0.29) is 5.91 Å². The number of nitrogens with zero attached hydrogens (tertiary/aromatic N) is 1. The molecule has 0 aromatic rings. The van der Waals surface area contributed by atoms with Gasteiger partial charge in [0.05, 0.1) is 6.54 Å². The number of hydrogen-bond donors (Lipinski definition) is 1. The van der Waals surface area contributed by atoms with Gasteiger partial charge in [0.25, 0.3) is 0 Å². The Morgan fingerprint density at radius 1 is 1.41 bits per heavy atom. The van der Waals surface area contributed by atoms with Crippen LogP contribution in [0, 0.1) is 0 Å². The fourth-order valence-electron chi connectivity index (χ4n) is 2.12. The fourth-order valence-corrected chi connectivity index (χ4v) is 4.77. The lowest BCUT2D eigenvalue weighted by Gasteiger charge is -2.23. The van der Waals surface area contributed by atoms with Gasteiger partial charge in [-0.05, 0) is 19.8 Å². The van der Waals surface area contributed by atoms with E-state index in [0.717, 1.165) is 13.1 Å². The van der Waals surface area contributed by atoms with Crippen LogP contribution < -0.4 is 5.32 Å². The fraction of sp³-hybridized carbons (Fsp3) is 0.917. The highest BCUT2D eigenvalue weighted by Gasteiger charge is 2.30. The van der Waals surface area contributed by atoms with Gasteiger partial charge in [0, 0.05) is 41.6 Å². The summed E-state index contributed by atoms with van der Waals surface area (Å²) in [5, 5.41) is 4.02. The summed E-state index contributed by atoms with van der Waals surface area (Å²) < 4.78 is 0. The van der Waals surface area contributed by atoms with Crippen LogP contribution in [-0.4, -0.2) is 59.0 Å². The number of carbonyl (C=O) groups excluding carboxylic acids is 1. The van der Waals surface area contributed by atoms with Crippen LogP contribution in [0.4, 0.5) is 0 Å². The van der Waals surface area contributed by atoms with Gasteiger partial charge in [-0.2, -0.15) is 23.5 Å². The minimum Gasteiger partial charge on any atom is -0.339 e. The monoisotopic (exact) mass is 274 g/mol. The molecular formula is C12H22N2OS2. The zero-order valence-electron chi connectivity index (χ0n) is 10.5. The molecule has 1 atom stereocenters. The first-order chi connectivity index (χ1) is 8.31. The molecule has 2 rings (SSSR count). The number of hydrogen-bond acceptors (Lipinski definition) is 4. The van der Waals surface area contributed by atoms with Crippen LogP contribution >= 0.6 is 23.5 Å². The highest BCUT2D eigenvalue weighted by atomic mass is 32.2. The van der Waals surface area contributed by atoms with Gasteiger partial charge in [-0.15, -0.1) is 0 Å². The third-order valence-electron chi connectivity index (χ3n) is 3.18. The summed E-state index contributed by atoms with van der Waals surface area (Å²) in [5.41, 5.74) is 0. The number of nitrogens with one attached hydrogen (secondary N) is 1. The second-order valence-electron chi connectivity index (χ2n) is 4.61. The van der Waals surface area contributed by atoms with Gasteiger partial charge in [-0.25, -0.2) is 0 Å². The lowest BCUT2D eigenvalue weighted by Crippen LogP contribution is -2.41. The Bertz CT molecular complexity index is 253. The minimum atomic E-state index is 0.281. The van der Waals surface area contributed by atoms with Crippen LogP contribution in [-0.2, 0) is 4.79 Å². The average molecular weight is 274 g/mol. The molecule has 1 saturated heterocycles. The van der Waals surface area contributed by atoms with E-state index in [9.17, 15) is 4.79 Å². The van der Waals surface area contributed by atoms with Gasteiger partial charge < -0.3 is 10.2 Å². The lowest BCUT2D eigenvalue weighted by molar-refractivity contribution is -0.130. The normalized spacial score (nSPS) is 24.6. The molecule has 3 nitrogen and oxygen atoms in total. The molecule has 2 fully saturated rings. The van der Waals surface area contributed by atoms with Gasteiger partial charge in [0.15, 0.2) is 0 Å². The van der Waals surface area contributed by atoms with Crippen molar-refractivity contribution in [2.75, 3.05) is 36.9 Å². The molecule has 1 saturated carbocycles. The molecule has 0 aromatic heterocycles. The van der Waals surface area contributed by atoms with Crippen molar-refractivity contribution in [3.05, 3.63) is 0 Å². The predicted octanol–water partition coefficient (Wildman–Crippen LogP) is 1.44. The largest absolute Gasteiger partial charge is 0.339 e. The molecule has 0 spiro atoms. The van der Waals surface area contributed by atoms with Crippen LogP contribution in [0.5, 0.6) is 0 Å². The Balaban J connectivity index is 1.61. The van der Waals surface area contributed by atoms with Crippen molar-refractivity contribution in [1.82, 2.24) is 10.2 Å². The Morgan fingerprint density at radius 2 is 2.24 bits per heavy atom. The topological polar surface area (TPSA) is 32.3 Å². The standard InChI is InChI=1S/C12H22N2OS2/c1-2-14(10-3-4-10)12(15)8-13-7-11-9-16-5-6-17-11/h10-11,13H,2-9H2,1H3. The van der Waals surface area contributed by atoms with Crippen molar-refractivity contribution in [3.8, 4) is 0 Å². The van der Waals surface area contributed by atoms with Crippen molar-refractivity contribution in [3.63, 3.8) is 0 Å². The molecule has 1 unspecified atom stereocenters. The van der Waals surface area contributed by atoms with Crippen LogP contribution in [0.3, 0.4) is 0 Å². The first kappa shape index (κ1) is 13.6. The van der Waals surface area contributed by atoms with Crippen molar-refractivity contribution in [1.29, 1.82) is 0 Å². The highest BCUT2D eigenvalue weighted by Crippen LogP contribution is 2.26. The van der Waals surface area contributed by atoms with Crippen molar-refractivity contribution < 1.29 is 4.79 Å². The van der Waals surface area contributed by atoms with E-state index in [4.69, 9.17) is 0 Å². The zero-order chi connectivity index (χ0) is 12.1. The maximum absolute atomic E-state index is 11.9. The van der Waals surface area contributed by atoms with E-state index < -0.39 is 0 Å². The van der Waals surface area contributed by atoms with Crippen molar-refractivity contribution >= 4 is 29.4 Å². The SMILES string of the molecule is CCN(C(=O)CNCC1CSCCS1)C1CC1. The smallest absolute Gasteiger partial charge is 0.236 e. The molecule has 0 aromatic carbocycles. The van der Waals surface area contributed by atoms with Crippen LogP contribution in [0.25, 0.3) is 0 Å². The van der Waals surface area contributed by atoms with E-state index in [0.29, 0.717) is 17.8 Å². The summed E-state index contributed by atoms with van der Waals surface area (Å²) >= 11 is 4.07. The van der Waals surface area contributed by atoms with Gasteiger partial charge in [0.1, 0.15) is 0 Å². The number of rotatable bonds is 6. The van der Waals surface area contributed by atoms with Gasteiger partial charge in [-0.3, -0.25) is 4.79 Å². The molecule has 1 N–H and O–H groups in total. The number of likely N-dealkylation sites (N-methyl/N-ethyl adjacent to an activating group) is 1. The maximum atomic E-state index is 11.9. The third-order valence-corrected chi connectivity index (χ3v) is 6.03. The van der Waals surface area contributed by atoms with Gasteiger partial charge in [-0.1, -0.05) is 0 Å². The van der Waals surface area contributed by atoms with Crippen LogP contribution in [0.1, 0.15) is 19.8 Å². The van der Waals surface area contributed by atoms with E-state index in [2.05, 4.69) is 12.2 Å². The predicted molar refractivity (Wildman–Crippen MR) is 76.8 cm³/mol. The molecule has 1 aliphatic carbocycles. The number of carbonyl (C=O) groups is 1. The second-order valence-corrected chi connectivity index (χ2v) is 7.17.